The smallest absolute Gasteiger partial charge is 0.326 e. The maximum atomic E-state index is 13.0. The molecule has 124 valence electrons. The molecule has 1 saturated heterocycles. The number of likely N-dealkylation sites (tertiary alicyclic amines) is 1. The maximum Gasteiger partial charge on any atom is 0.326 e. The highest BCUT2D eigenvalue weighted by Gasteiger charge is 2.49. The Morgan fingerprint density at radius 2 is 2.17 bits per heavy atom. The van der Waals surface area contributed by atoms with Gasteiger partial charge < -0.3 is 14.7 Å². The van der Waals surface area contributed by atoms with Crippen LogP contribution >= 0.6 is 11.6 Å². The summed E-state index contributed by atoms with van der Waals surface area (Å²) in [5, 5.41) is 9.52. The average molecular weight is 342 g/mol. The molecule has 1 aromatic rings. The molecule has 1 heterocycles. The van der Waals surface area contributed by atoms with E-state index >= 15 is 0 Å². The number of carboxylic acid groups (broad SMARTS) is 1. The molecule has 0 bridgehead atoms. The van der Waals surface area contributed by atoms with Gasteiger partial charge in [0, 0.05) is 6.54 Å². The number of carbonyl (C=O) groups is 2. The topological polar surface area (TPSA) is 66.8 Å². The third-order valence-electron chi connectivity index (χ3n) is 4.71. The highest BCUT2D eigenvalue weighted by atomic mass is 35.5. The van der Waals surface area contributed by atoms with Crippen LogP contribution in [0.4, 0.5) is 4.39 Å². The molecule has 0 radical (unpaired) electrons. The molecular formula is C16H17ClFNO4. The van der Waals surface area contributed by atoms with Crippen molar-refractivity contribution in [2.75, 3.05) is 13.2 Å². The quantitative estimate of drug-likeness (QED) is 0.914. The summed E-state index contributed by atoms with van der Waals surface area (Å²) in [5.74, 6) is -1.35. The van der Waals surface area contributed by atoms with Crippen LogP contribution in [-0.2, 0) is 9.59 Å². The first-order valence-corrected chi connectivity index (χ1v) is 7.95. The highest BCUT2D eigenvalue weighted by Crippen LogP contribution is 2.42. The molecule has 23 heavy (non-hydrogen) atoms. The number of carboxylic acids is 1. The van der Waals surface area contributed by atoms with Crippen LogP contribution in [0.25, 0.3) is 0 Å². The Labute approximate surface area is 138 Å². The van der Waals surface area contributed by atoms with E-state index in [1.54, 1.807) is 0 Å². The van der Waals surface area contributed by atoms with Crippen LogP contribution in [0.1, 0.15) is 19.3 Å². The molecule has 3 unspecified atom stereocenters. The van der Waals surface area contributed by atoms with Gasteiger partial charge in [0.25, 0.3) is 5.91 Å². The number of amides is 1. The second-order valence-corrected chi connectivity index (χ2v) is 6.45. The van der Waals surface area contributed by atoms with E-state index in [2.05, 4.69) is 0 Å². The van der Waals surface area contributed by atoms with Crippen molar-refractivity contribution in [1.29, 1.82) is 0 Å². The minimum Gasteiger partial charge on any atom is -0.482 e. The number of halogens is 2. The monoisotopic (exact) mass is 341 g/mol. The Balaban J connectivity index is 1.66. The molecule has 3 atom stereocenters. The molecule has 1 aliphatic heterocycles. The van der Waals surface area contributed by atoms with E-state index in [1.807, 2.05) is 0 Å². The maximum absolute atomic E-state index is 13.0. The summed E-state index contributed by atoms with van der Waals surface area (Å²) in [6.45, 7) is 0.148. The molecule has 2 aliphatic rings. The van der Waals surface area contributed by atoms with Crippen molar-refractivity contribution < 1.29 is 23.8 Å². The molecule has 1 saturated carbocycles. The largest absolute Gasteiger partial charge is 0.482 e. The molecule has 1 aromatic carbocycles. The predicted octanol–water partition coefficient (Wildman–Crippen LogP) is 2.57. The van der Waals surface area contributed by atoms with Crippen LogP contribution in [-0.4, -0.2) is 41.1 Å². The Bertz CT molecular complexity index is 639. The number of fused-ring (bicyclic) bond motifs is 1. The molecule has 5 nitrogen and oxygen atoms in total. The lowest BCUT2D eigenvalue weighted by Gasteiger charge is -2.24. The summed E-state index contributed by atoms with van der Waals surface area (Å²) in [6.07, 6.45) is 2.82. The SMILES string of the molecule is O=C(O)C1C2CCCC2CN1C(=O)COc1ccc(F)cc1Cl. The zero-order valence-corrected chi connectivity index (χ0v) is 13.1. The zero-order chi connectivity index (χ0) is 16.6. The van der Waals surface area contributed by atoms with Gasteiger partial charge in [0.2, 0.25) is 0 Å². The number of nitrogens with zero attached hydrogens (tertiary/aromatic N) is 1. The first-order valence-electron chi connectivity index (χ1n) is 7.57. The van der Waals surface area contributed by atoms with Crippen molar-refractivity contribution in [2.24, 2.45) is 11.8 Å². The van der Waals surface area contributed by atoms with Gasteiger partial charge in [-0.15, -0.1) is 0 Å². The fraction of sp³-hybridized carbons (Fsp3) is 0.500. The van der Waals surface area contributed by atoms with Gasteiger partial charge >= 0.3 is 5.97 Å². The molecule has 7 heteroatoms. The van der Waals surface area contributed by atoms with Gasteiger partial charge in [-0.3, -0.25) is 4.79 Å². The molecule has 1 amide bonds. The lowest BCUT2D eigenvalue weighted by molar-refractivity contribution is -0.150. The van der Waals surface area contributed by atoms with E-state index in [4.69, 9.17) is 16.3 Å². The summed E-state index contributed by atoms with van der Waals surface area (Å²) in [5.41, 5.74) is 0. The minimum atomic E-state index is -0.965. The summed E-state index contributed by atoms with van der Waals surface area (Å²) in [7, 11) is 0. The second kappa shape index (κ2) is 6.35. The van der Waals surface area contributed by atoms with Crippen LogP contribution < -0.4 is 4.74 Å². The van der Waals surface area contributed by atoms with Gasteiger partial charge in [-0.1, -0.05) is 18.0 Å². The molecule has 1 N–H and O–H groups in total. The van der Waals surface area contributed by atoms with Crippen LogP contribution in [0.5, 0.6) is 5.75 Å². The number of hydrogen-bond acceptors (Lipinski definition) is 3. The second-order valence-electron chi connectivity index (χ2n) is 6.05. The normalized spacial score (nSPS) is 26.2. The Morgan fingerprint density at radius 3 is 2.87 bits per heavy atom. The Hall–Kier alpha value is -1.82. The minimum absolute atomic E-state index is 0.0332. The number of hydrogen-bond donors (Lipinski definition) is 1. The van der Waals surface area contributed by atoms with E-state index in [-0.39, 0.29) is 35.1 Å². The molecule has 0 spiro atoms. The number of rotatable bonds is 4. The van der Waals surface area contributed by atoms with Crippen molar-refractivity contribution in [3.8, 4) is 5.75 Å². The first-order chi connectivity index (χ1) is 11.0. The fourth-order valence-electron chi connectivity index (χ4n) is 3.69. The molecule has 3 rings (SSSR count). The first kappa shape index (κ1) is 16.1. The Kier molecular flexibility index (Phi) is 4.43. The third-order valence-corrected chi connectivity index (χ3v) is 5.00. The number of ether oxygens (including phenoxy) is 1. The van der Waals surface area contributed by atoms with E-state index in [0.29, 0.717) is 6.54 Å². The predicted molar refractivity (Wildman–Crippen MR) is 80.9 cm³/mol. The highest BCUT2D eigenvalue weighted by molar-refractivity contribution is 6.32. The fourth-order valence-corrected chi connectivity index (χ4v) is 3.92. The molecule has 2 fully saturated rings. The van der Waals surface area contributed by atoms with Gasteiger partial charge in [0.1, 0.15) is 17.6 Å². The third kappa shape index (κ3) is 3.13. The van der Waals surface area contributed by atoms with Crippen molar-refractivity contribution >= 4 is 23.5 Å². The van der Waals surface area contributed by atoms with E-state index < -0.39 is 17.8 Å². The molecular weight excluding hydrogens is 325 g/mol. The Morgan fingerprint density at radius 1 is 1.39 bits per heavy atom. The van der Waals surface area contributed by atoms with Gasteiger partial charge in [-0.05, 0) is 42.9 Å². The van der Waals surface area contributed by atoms with Gasteiger partial charge in [-0.25, -0.2) is 9.18 Å². The van der Waals surface area contributed by atoms with E-state index in [9.17, 15) is 19.1 Å². The van der Waals surface area contributed by atoms with Gasteiger partial charge in [-0.2, -0.15) is 0 Å². The number of aliphatic carboxylic acids is 1. The van der Waals surface area contributed by atoms with Crippen LogP contribution in [0.15, 0.2) is 18.2 Å². The summed E-state index contributed by atoms with van der Waals surface area (Å²) >= 11 is 5.85. The lowest BCUT2D eigenvalue weighted by atomic mass is 9.94. The van der Waals surface area contributed by atoms with Gasteiger partial charge in [0.05, 0.1) is 5.02 Å². The number of carbonyl (C=O) groups excluding carboxylic acids is 1. The van der Waals surface area contributed by atoms with Crippen molar-refractivity contribution in [3.63, 3.8) is 0 Å². The van der Waals surface area contributed by atoms with Crippen molar-refractivity contribution in [3.05, 3.63) is 29.0 Å². The van der Waals surface area contributed by atoms with Gasteiger partial charge in [0.15, 0.2) is 6.61 Å². The van der Waals surface area contributed by atoms with Crippen LogP contribution in [0.2, 0.25) is 5.02 Å². The van der Waals surface area contributed by atoms with Crippen molar-refractivity contribution in [2.45, 2.75) is 25.3 Å². The van der Waals surface area contributed by atoms with Crippen LogP contribution in [0, 0.1) is 17.7 Å². The van der Waals surface area contributed by atoms with E-state index in [0.717, 1.165) is 25.3 Å². The summed E-state index contributed by atoms with van der Waals surface area (Å²) < 4.78 is 18.3. The van der Waals surface area contributed by atoms with Crippen LogP contribution in [0.3, 0.4) is 0 Å². The lowest BCUT2D eigenvalue weighted by Crippen LogP contribution is -2.45. The summed E-state index contributed by atoms with van der Waals surface area (Å²) in [6, 6.07) is 2.86. The standard InChI is InChI=1S/C16H17ClFNO4/c17-12-6-10(18)4-5-13(12)23-8-14(20)19-7-9-2-1-3-11(9)15(19)16(21)22/h4-6,9,11,15H,1-3,7-8H2,(H,21,22). The van der Waals surface area contributed by atoms with E-state index in [1.165, 1.54) is 17.0 Å². The molecule has 1 aliphatic carbocycles. The summed E-state index contributed by atoms with van der Waals surface area (Å²) in [4.78, 5) is 25.3. The zero-order valence-electron chi connectivity index (χ0n) is 12.4. The van der Waals surface area contributed by atoms with Crippen molar-refractivity contribution in [1.82, 2.24) is 4.90 Å². The average Bonchev–Trinajstić information content (AvgIpc) is 3.05. The molecule has 0 aromatic heterocycles. The number of benzene rings is 1.